The van der Waals surface area contributed by atoms with Gasteiger partial charge in [-0.2, -0.15) is 0 Å². The maximum atomic E-state index is 9.68. The summed E-state index contributed by atoms with van der Waals surface area (Å²) in [6, 6.07) is 10.2. The molecule has 3 heteroatoms. The van der Waals surface area contributed by atoms with Crippen LogP contribution in [0.15, 0.2) is 30.3 Å². The molecule has 0 heterocycles. The predicted octanol–water partition coefficient (Wildman–Crippen LogP) is 0.958. The van der Waals surface area contributed by atoms with Gasteiger partial charge in [-0.15, -0.1) is 0 Å². The van der Waals surface area contributed by atoms with Gasteiger partial charge in [0.2, 0.25) is 0 Å². The van der Waals surface area contributed by atoms with Crippen molar-refractivity contribution in [3.8, 4) is 0 Å². The average molecular weight is 273 g/mol. The molecule has 1 aromatic carbocycles. The molecule has 2 nitrogen and oxygen atoms in total. The topological polar surface area (TPSA) is 40.5 Å². The van der Waals surface area contributed by atoms with Crippen LogP contribution in [0.25, 0.3) is 0 Å². The zero-order valence-corrected chi connectivity index (χ0v) is 10.7. The van der Waals surface area contributed by atoms with Crippen molar-refractivity contribution < 1.29 is 10.2 Å². The number of aliphatic hydroxyl groups is 2. The van der Waals surface area contributed by atoms with Gasteiger partial charge in [0.05, 0.1) is 0 Å². The van der Waals surface area contributed by atoms with Crippen LogP contribution in [0.5, 0.6) is 0 Å². The molecule has 0 aliphatic heterocycles. The van der Waals surface area contributed by atoms with E-state index < -0.39 is 6.10 Å². The Morgan fingerprint density at radius 3 is 2.47 bits per heavy atom. The number of aliphatic hydroxyl groups excluding tert-OH is 2. The standard InChI is InChI=1S/C12H18O2Se/c1-2-6-12(11(14)9-13)15-10-7-4-3-5-8-10/h3-5,7-8,11-14H,2,6,9H2,1H3/t11-,12+/m0/s1. The van der Waals surface area contributed by atoms with Crippen molar-refractivity contribution in [1.29, 1.82) is 0 Å². The van der Waals surface area contributed by atoms with Crippen LogP contribution in [0.4, 0.5) is 0 Å². The molecule has 1 aromatic rings. The van der Waals surface area contributed by atoms with Gasteiger partial charge in [0, 0.05) is 0 Å². The van der Waals surface area contributed by atoms with Crippen LogP contribution in [0, 0.1) is 0 Å². The molecule has 15 heavy (non-hydrogen) atoms. The van der Waals surface area contributed by atoms with E-state index in [1.165, 1.54) is 4.46 Å². The maximum absolute atomic E-state index is 9.68. The van der Waals surface area contributed by atoms with Crippen LogP contribution in [-0.4, -0.2) is 37.9 Å². The first-order valence-electron chi connectivity index (χ1n) is 5.28. The van der Waals surface area contributed by atoms with Crippen molar-refractivity contribution in [1.82, 2.24) is 0 Å². The molecule has 0 aliphatic carbocycles. The predicted molar refractivity (Wildman–Crippen MR) is 63.6 cm³/mol. The molecular weight excluding hydrogens is 255 g/mol. The molecule has 84 valence electrons. The number of hydrogen-bond acceptors (Lipinski definition) is 2. The van der Waals surface area contributed by atoms with Crippen molar-refractivity contribution in [3.05, 3.63) is 30.3 Å². The van der Waals surface area contributed by atoms with E-state index in [9.17, 15) is 5.11 Å². The average Bonchev–Trinajstić information content (AvgIpc) is 2.29. The molecule has 2 N–H and O–H groups in total. The third kappa shape index (κ3) is 4.35. The second kappa shape index (κ2) is 7.02. The van der Waals surface area contributed by atoms with Crippen LogP contribution >= 0.6 is 0 Å². The van der Waals surface area contributed by atoms with Crippen LogP contribution in [0.3, 0.4) is 0 Å². The molecule has 0 spiro atoms. The Balaban J connectivity index is 2.58. The molecule has 0 aromatic heterocycles. The summed E-state index contributed by atoms with van der Waals surface area (Å²) in [5.41, 5.74) is 0. The minimum absolute atomic E-state index is 0.126. The Labute approximate surface area is 97.5 Å². The summed E-state index contributed by atoms with van der Waals surface area (Å²) in [6.45, 7) is 1.98. The zero-order chi connectivity index (χ0) is 11.1. The van der Waals surface area contributed by atoms with Gasteiger partial charge in [-0.1, -0.05) is 0 Å². The summed E-state index contributed by atoms with van der Waals surface area (Å²) in [5.74, 6) is 0. The normalized spacial score (nSPS) is 14.9. The van der Waals surface area contributed by atoms with Crippen molar-refractivity contribution >= 4 is 19.4 Å². The summed E-state index contributed by atoms with van der Waals surface area (Å²) >= 11 is 0.249. The second-order valence-electron chi connectivity index (χ2n) is 3.51. The summed E-state index contributed by atoms with van der Waals surface area (Å²) < 4.78 is 1.29. The van der Waals surface area contributed by atoms with E-state index in [4.69, 9.17) is 5.11 Å². The molecule has 1 rings (SSSR count). The SMILES string of the molecule is CCC[C@@H]([Se]c1ccccc1)[C@@H](O)CO. The Kier molecular flexibility index (Phi) is 5.96. The molecule has 0 radical (unpaired) electrons. The molecular formula is C12H18O2Se. The minimum atomic E-state index is -0.565. The van der Waals surface area contributed by atoms with Gasteiger partial charge in [-0.3, -0.25) is 0 Å². The fourth-order valence-corrected chi connectivity index (χ4v) is 4.05. The van der Waals surface area contributed by atoms with Crippen LogP contribution in [-0.2, 0) is 0 Å². The summed E-state index contributed by atoms with van der Waals surface area (Å²) in [5, 5.41) is 18.6. The first-order valence-corrected chi connectivity index (χ1v) is 7.13. The van der Waals surface area contributed by atoms with Crippen molar-refractivity contribution in [3.63, 3.8) is 0 Å². The van der Waals surface area contributed by atoms with Gasteiger partial charge < -0.3 is 0 Å². The Morgan fingerprint density at radius 2 is 1.93 bits per heavy atom. The first kappa shape index (κ1) is 12.7. The number of rotatable bonds is 6. The van der Waals surface area contributed by atoms with Gasteiger partial charge in [0.15, 0.2) is 0 Å². The van der Waals surface area contributed by atoms with E-state index in [0.717, 1.165) is 12.8 Å². The second-order valence-corrected chi connectivity index (χ2v) is 6.26. The third-order valence-electron chi connectivity index (χ3n) is 2.22. The number of hydrogen-bond donors (Lipinski definition) is 2. The van der Waals surface area contributed by atoms with Gasteiger partial charge in [-0.05, 0) is 0 Å². The summed E-state index contributed by atoms with van der Waals surface area (Å²) in [6.07, 6.45) is 1.47. The molecule has 0 unspecified atom stereocenters. The van der Waals surface area contributed by atoms with Crippen LogP contribution in [0.2, 0.25) is 4.82 Å². The fourth-order valence-electron chi connectivity index (χ4n) is 1.41. The van der Waals surface area contributed by atoms with E-state index in [0.29, 0.717) is 0 Å². The zero-order valence-electron chi connectivity index (χ0n) is 8.97. The molecule has 0 amide bonds. The quantitative estimate of drug-likeness (QED) is 0.758. The number of benzene rings is 1. The molecule has 0 saturated carbocycles. The Hall–Kier alpha value is -0.341. The van der Waals surface area contributed by atoms with E-state index in [1.54, 1.807) is 0 Å². The van der Waals surface area contributed by atoms with Crippen molar-refractivity contribution in [2.24, 2.45) is 0 Å². The monoisotopic (exact) mass is 274 g/mol. The molecule has 0 aliphatic rings. The fraction of sp³-hybridized carbons (Fsp3) is 0.500. The molecule has 0 fully saturated rings. The van der Waals surface area contributed by atoms with Crippen LogP contribution in [0.1, 0.15) is 19.8 Å². The van der Waals surface area contributed by atoms with E-state index in [-0.39, 0.29) is 26.4 Å². The molecule has 2 atom stereocenters. The van der Waals surface area contributed by atoms with E-state index in [2.05, 4.69) is 19.1 Å². The molecule has 0 bridgehead atoms. The van der Waals surface area contributed by atoms with Gasteiger partial charge in [0.1, 0.15) is 0 Å². The van der Waals surface area contributed by atoms with Gasteiger partial charge >= 0.3 is 97.3 Å². The van der Waals surface area contributed by atoms with Gasteiger partial charge in [-0.25, -0.2) is 0 Å². The van der Waals surface area contributed by atoms with Crippen molar-refractivity contribution in [2.45, 2.75) is 30.7 Å². The van der Waals surface area contributed by atoms with Gasteiger partial charge in [0.25, 0.3) is 0 Å². The third-order valence-corrected chi connectivity index (χ3v) is 5.15. The Morgan fingerprint density at radius 1 is 1.27 bits per heavy atom. The first-order chi connectivity index (χ1) is 7.27. The van der Waals surface area contributed by atoms with E-state index >= 15 is 0 Å². The van der Waals surface area contributed by atoms with E-state index in [1.807, 2.05) is 18.2 Å². The summed E-state index contributed by atoms with van der Waals surface area (Å²) in [7, 11) is 0. The van der Waals surface area contributed by atoms with Crippen LogP contribution < -0.4 is 4.46 Å². The summed E-state index contributed by atoms with van der Waals surface area (Å²) in [4.78, 5) is 0.231. The Bertz CT molecular complexity index is 264. The molecule has 0 saturated heterocycles. The van der Waals surface area contributed by atoms with Crippen molar-refractivity contribution in [2.75, 3.05) is 6.61 Å².